The van der Waals surface area contributed by atoms with Gasteiger partial charge in [-0.25, -0.2) is 0 Å². The van der Waals surface area contributed by atoms with Gasteiger partial charge in [-0.3, -0.25) is 9.59 Å². The van der Waals surface area contributed by atoms with Crippen LogP contribution in [0.25, 0.3) is 0 Å². The number of aliphatic carboxylic acids is 1. The average Bonchev–Trinajstić information content (AvgIpc) is 2.49. The van der Waals surface area contributed by atoms with E-state index in [2.05, 4.69) is 15.0 Å². The molecule has 0 fully saturated rings. The monoisotopic (exact) mass is 198 g/mol. The third kappa shape index (κ3) is 2.89. The smallest absolute Gasteiger partial charge is 0.322 e. The van der Waals surface area contributed by atoms with E-state index in [9.17, 15) is 9.59 Å². The number of carbonyl (C=O) groups excluding carboxylic acids is 1. The van der Waals surface area contributed by atoms with Gasteiger partial charge in [0.1, 0.15) is 12.8 Å². The first-order chi connectivity index (χ1) is 6.59. The number of carboxylic acids is 1. The normalized spacial score (nSPS) is 9.79. The molecule has 0 saturated heterocycles. The van der Waals surface area contributed by atoms with E-state index in [-0.39, 0.29) is 18.9 Å². The maximum Gasteiger partial charge on any atom is 0.322 e. The molecule has 0 spiro atoms. The first-order valence-electron chi connectivity index (χ1n) is 3.98. The molecule has 1 heterocycles. The number of rotatable bonds is 4. The van der Waals surface area contributed by atoms with E-state index in [0.717, 1.165) is 0 Å². The Morgan fingerprint density at radius 3 is 2.86 bits per heavy atom. The lowest BCUT2D eigenvalue weighted by molar-refractivity contribution is -0.137. The first-order valence-corrected chi connectivity index (χ1v) is 3.98. The average molecular weight is 198 g/mol. The van der Waals surface area contributed by atoms with Crippen LogP contribution >= 0.6 is 0 Å². The summed E-state index contributed by atoms with van der Waals surface area (Å²) < 4.78 is 4.63. The lowest BCUT2D eigenvalue weighted by Gasteiger charge is -1.99. The van der Waals surface area contributed by atoms with Crippen LogP contribution in [0.15, 0.2) is 10.8 Å². The van der Waals surface area contributed by atoms with Gasteiger partial charge in [-0.05, 0) is 6.92 Å². The van der Waals surface area contributed by atoms with Crippen LogP contribution in [0.2, 0.25) is 0 Å². The van der Waals surface area contributed by atoms with Crippen LogP contribution in [0.5, 0.6) is 0 Å². The Bertz CT molecular complexity index is 345. The minimum atomic E-state index is -1.07. The zero-order chi connectivity index (χ0) is 10.6. The molecule has 0 aliphatic carbocycles. The standard InChI is InChI=1S/C8H10N2O4/c1-5-6(4-14-10-5)2-7(11)9-3-8(12)13/h4H,2-3H2,1H3,(H,9,11)(H,12,13). The quantitative estimate of drug-likeness (QED) is 0.694. The van der Waals surface area contributed by atoms with E-state index in [1.54, 1.807) is 6.92 Å². The number of amides is 1. The number of aryl methyl sites for hydroxylation is 1. The molecule has 0 bridgehead atoms. The molecule has 0 aliphatic heterocycles. The second kappa shape index (κ2) is 4.40. The third-order valence-electron chi connectivity index (χ3n) is 1.64. The number of aromatic nitrogens is 1. The van der Waals surface area contributed by atoms with E-state index >= 15 is 0 Å². The summed E-state index contributed by atoms with van der Waals surface area (Å²) in [5, 5.41) is 14.1. The van der Waals surface area contributed by atoms with E-state index in [1.807, 2.05) is 0 Å². The molecule has 0 unspecified atom stereocenters. The molecule has 0 aromatic carbocycles. The summed E-state index contributed by atoms with van der Waals surface area (Å²) in [5.74, 6) is -1.43. The Morgan fingerprint density at radius 1 is 1.64 bits per heavy atom. The number of hydrogen-bond donors (Lipinski definition) is 2. The number of carbonyl (C=O) groups is 2. The second-order valence-electron chi connectivity index (χ2n) is 2.77. The molecule has 0 aliphatic rings. The Balaban J connectivity index is 2.42. The minimum Gasteiger partial charge on any atom is -0.480 e. The fourth-order valence-corrected chi connectivity index (χ4v) is 0.892. The van der Waals surface area contributed by atoms with Crippen LogP contribution in [0.3, 0.4) is 0 Å². The van der Waals surface area contributed by atoms with Crippen molar-refractivity contribution >= 4 is 11.9 Å². The van der Waals surface area contributed by atoms with Gasteiger partial charge in [-0.1, -0.05) is 5.16 Å². The highest BCUT2D eigenvalue weighted by Crippen LogP contribution is 2.04. The summed E-state index contributed by atoms with van der Waals surface area (Å²) in [7, 11) is 0. The highest BCUT2D eigenvalue weighted by atomic mass is 16.5. The fourth-order valence-electron chi connectivity index (χ4n) is 0.892. The van der Waals surface area contributed by atoms with Crippen molar-refractivity contribution in [2.24, 2.45) is 0 Å². The van der Waals surface area contributed by atoms with E-state index in [0.29, 0.717) is 11.3 Å². The molecule has 1 aromatic heterocycles. The number of hydrogen-bond acceptors (Lipinski definition) is 4. The van der Waals surface area contributed by atoms with Crippen molar-refractivity contribution in [3.8, 4) is 0 Å². The van der Waals surface area contributed by atoms with Gasteiger partial charge in [0.05, 0.1) is 12.1 Å². The summed E-state index contributed by atoms with van der Waals surface area (Å²) in [5.41, 5.74) is 1.29. The van der Waals surface area contributed by atoms with Crippen LogP contribution in [-0.2, 0) is 16.0 Å². The van der Waals surface area contributed by atoms with Gasteiger partial charge < -0.3 is 14.9 Å². The van der Waals surface area contributed by atoms with Crippen LogP contribution in [0.1, 0.15) is 11.3 Å². The first kappa shape index (κ1) is 10.2. The molecule has 0 atom stereocenters. The van der Waals surface area contributed by atoms with Crippen molar-refractivity contribution in [3.63, 3.8) is 0 Å². The Hall–Kier alpha value is -1.85. The Kier molecular flexibility index (Phi) is 3.22. The van der Waals surface area contributed by atoms with Crippen molar-refractivity contribution in [2.75, 3.05) is 6.54 Å². The molecule has 6 heteroatoms. The largest absolute Gasteiger partial charge is 0.480 e. The zero-order valence-corrected chi connectivity index (χ0v) is 7.61. The van der Waals surface area contributed by atoms with Crippen LogP contribution in [-0.4, -0.2) is 28.7 Å². The molecule has 1 aromatic rings. The topological polar surface area (TPSA) is 92.4 Å². The van der Waals surface area contributed by atoms with Gasteiger partial charge >= 0.3 is 5.97 Å². The molecule has 0 radical (unpaired) electrons. The van der Waals surface area contributed by atoms with Gasteiger partial charge in [0.15, 0.2) is 0 Å². The highest BCUT2D eigenvalue weighted by Gasteiger charge is 2.09. The molecule has 14 heavy (non-hydrogen) atoms. The maximum atomic E-state index is 11.1. The summed E-state index contributed by atoms with van der Waals surface area (Å²) in [6, 6.07) is 0. The van der Waals surface area contributed by atoms with E-state index in [4.69, 9.17) is 5.11 Å². The van der Waals surface area contributed by atoms with Crippen molar-refractivity contribution in [1.82, 2.24) is 10.5 Å². The molecular weight excluding hydrogens is 188 g/mol. The summed E-state index contributed by atoms with van der Waals surface area (Å²) in [6.07, 6.45) is 1.46. The number of carboxylic acid groups (broad SMARTS) is 1. The van der Waals surface area contributed by atoms with E-state index in [1.165, 1.54) is 6.26 Å². The maximum absolute atomic E-state index is 11.1. The van der Waals surface area contributed by atoms with Gasteiger partial charge in [0.25, 0.3) is 0 Å². The van der Waals surface area contributed by atoms with Crippen molar-refractivity contribution in [2.45, 2.75) is 13.3 Å². The van der Waals surface area contributed by atoms with Gasteiger partial charge in [0, 0.05) is 5.56 Å². The summed E-state index contributed by atoms with van der Waals surface area (Å²) >= 11 is 0. The lowest BCUT2D eigenvalue weighted by Crippen LogP contribution is -2.30. The van der Waals surface area contributed by atoms with E-state index < -0.39 is 5.97 Å². The predicted molar refractivity (Wildman–Crippen MR) is 45.6 cm³/mol. The lowest BCUT2D eigenvalue weighted by atomic mass is 10.2. The SMILES string of the molecule is Cc1nocc1CC(=O)NCC(=O)O. The Labute approximate surface area is 79.9 Å². The molecule has 0 saturated carbocycles. The molecule has 1 rings (SSSR count). The number of nitrogens with zero attached hydrogens (tertiary/aromatic N) is 1. The van der Waals surface area contributed by atoms with Crippen molar-refractivity contribution < 1.29 is 19.2 Å². The predicted octanol–water partition coefficient (Wildman–Crippen LogP) is -0.274. The third-order valence-corrected chi connectivity index (χ3v) is 1.64. The van der Waals surface area contributed by atoms with Crippen LogP contribution < -0.4 is 5.32 Å². The summed E-state index contributed by atoms with van der Waals surface area (Å²) in [4.78, 5) is 21.3. The van der Waals surface area contributed by atoms with Crippen LogP contribution in [0, 0.1) is 6.92 Å². The second-order valence-corrected chi connectivity index (χ2v) is 2.77. The highest BCUT2D eigenvalue weighted by molar-refractivity contribution is 5.82. The minimum absolute atomic E-state index is 0.0859. The molecule has 2 N–H and O–H groups in total. The fraction of sp³-hybridized carbons (Fsp3) is 0.375. The zero-order valence-electron chi connectivity index (χ0n) is 7.61. The van der Waals surface area contributed by atoms with Crippen molar-refractivity contribution in [3.05, 3.63) is 17.5 Å². The number of nitrogens with one attached hydrogen (secondary N) is 1. The van der Waals surface area contributed by atoms with Crippen LogP contribution in [0.4, 0.5) is 0 Å². The summed E-state index contributed by atoms with van der Waals surface area (Å²) in [6.45, 7) is 1.34. The van der Waals surface area contributed by atoms with Crippen molar-refractivity contribution in [1.29, 1.82) is 0 Å². The molecule has 6 nitrogen and oxygen atoms in total. The van der Waals surface area contributed by atoms with Gasteiger partial charge in [0.2, 0.25) is 5.91 Å². The molecule has 76 valence electrons. The van der Waals surface area contributed by atoms with Gasteiger partial charge in [-0.15, -0.1) is 0 Å². The molecule has 1 amide bonds. The molecular formula is C8H10N2O4. The van der Waals surface area contributed by atoms with Gasteiger partial charge in [-0.2, -0.15) is 0 Å². The Morgan fingerprint density at radius 2 is 2.36 bits per heavy atom.